The van der Waals surface area contributed by atoms with Crippen molar-refractivity contribution in [3.8, 4) is 5.75 Å². The van der Waals surface area contributed by atoms with Gasteiger partial charge in [-0.05, 0) is 18.6 Å². The largest absolute Gasteiger partial charge is 0.450 e. The van der Waals surface area contributed by atoms with Gasteiger partial charge >= 0.3 is 5.69 Å². The second-order valence-electron chi connectivity index (χ2n) is 3.87. The van der Waals surface area contributed by atoms with Gasteiger partial charge in [0.25, 0.3) is 0 Å². The number of allylic oxidation sites excluding steroid dienone is 3. The van der Waals surface area contributed by atoms with Gasteiger partial charge in [0, 0.05) is 7.05 Å². The van der Waals surface area contributed by atoms with Crippen LogP contribution >= 0.6 is 0 Å². The second-order valence-corrected chi connectivity index (χ2v) is 3.87. The van der Waals surface area contributed by atoms with E-state index in [1.807, 2.05) is 19.1 Å². The number of aromatic nitrogens is 2. The van der Waals surface area contributed by atoms with Crippen LogP contribution in [0.3, 0.4) is 0 Å². The maximum atomic E-state index is 11.4. The molecule has 0 amide bonds. The highest BCUT2D eigenvalue weighted by atomic mass is 16.5. The first-order chi connectivity index (χ1) is 8.65. The Hall–Kier alpha value is -2.30. The zero-order valence-electron chi connectivity index (χ0n) is 10.4. The number of hydrogen-bond acceptors (Lipinski definition) is 4. The smallest absolute Gasteiger partial charge is 0.349 e. The maximum absolute atomic E-state index is 11.4. The van der Waals surface area contributed by atoms with Crippen LogP contribution in [-0.2, 0) is 7.05 Å². The van der Waals surface area contributed by atoms with Gasteiger partial charge in [0.1, 0.15) is 0 Å². The minimum atomic E-state index is -0.333. The van der Waals surface area contributed by atoms with Gasteiger partial charge in [-0.25, -0.2) is 4.79 Å². The van der Waals surface area contributed by atoms with Crippen molar-refractivity contribution in [3.63, 3.8) is 0 Å². The van der Waals surface area contributed by atoms with Gasteiger partial charge < -0.3 is 10.1 Å². The molecule has 0 unspecified atom stereocenters. The van der Waals surface area contributed by atoms with Crippen LogP contribution in [0.1, 0.15) is 13.3 Å². The van der Waals surface area contributed by atoms with E-state index in [0.717, 1.165) is 6.42 Å². The first-order valence-electron chi connectivity index (χ1n) is 5.71. The summed E-state index contributed by atoms with van der Waals surface area (Å²) in [5, 5.41) is 3.03. The summed E-state index contributed by atoms with van der Waals surface area (Å²) in [6.45, 7) is 5.75. The van der Waals surface area contributed by atoms with Crippen molar-refractivity contribution in [3.05, 3.63) is 52.9 Å². The van der Waals surface area contributed by atoms with Gasteiger partial charge in [0.05, 0.1) is 11.9 Å². The van der Waals surface area contributed by atoms with Gasteiger partial charge in [-0.1, -0.05) is 19.6 Å². The molecule has 0 atom stereocenters. The molecule has 2 heterocycles. The lowest BCUT2D eigenvalue weighted by Crippen LogP contribution is -2.24. The Bertz CT molecular complexity index is 597. The van der Waals surface area contributed by atoms with Gasteiger partial charge in [0.2, 0.25) is 0 Å². The molecule has 0 bridgehead atoms. The summed E-state index contributed by atoms with van der Waals surface area (Å²) in [7, 11) is 1.63. The fraction of sp³-hybridized carbons (Fsp3) is 0.231. The van der Waals surface area contributed by atoms with E-state index in [2.05, 4.69) is 16.9 Å². The molecule has 1 aliphatic rings. The lowest BCUT2D eigenvalue weighted by molar-refractivity contribution is 0.426. The molecule has 5 heteroatoms. The fourth-order valence-corrected chi connectivity index (χ4v) is 1.55. The number of fused-ring (bicyclic) bond motifs is 1. The predicted octanol–water partition coefficient (Wildman–Crippen LogP) is 1.95. The summed E-state index contributed by atoms with van der Waals surface area (Å²) < 4.78 is 7.09. The van der Waals surface area contributed by atoms with Crippen molar-refractivity contribution in [1.29, 1.82) is 0 Å². The van der Waals surface area contributed by atoms with E-state index in [1.165, 1.54) is 4.57 Å². The molecule has 0 saturated heterocycles. The lowest BCUT2D eigenvalue weighted by atomic mass is 10.2. The highest BCUT2D eigenvalue weighted by molar-refractivity contribution is 5.59. The minimum Gasteiger partial charge on any atom is -0.450 e. The molecule has 0 saturated carbocycles. The summed E-state index contributed by atoms with van der Waals surface area (Å²) in [6.07, 6.45) is 8.02. The first kappa shape index (κ1) is 12.2. The highest BCUT2D eigenvalue weighted by Gasteiger charge is 2.18. The average molecular weight is 245 g/mol. The fourth-order valence-electron chi connectivity index (χ4n) is 1.55. The number of hydrogen-bond donors (Lipinski definition) is 1. The van der Waals surface area contributed by atoms with Crippen LogP contribution in [0.5, 0.6) is 5.75 Å². The molecule has 2 rings (SSSR count). The Kier molecular flexibility index (Phi) is 3.32. The van der Waals surface area contributed by atoms with Gasteiger partial charge in [0.15, 0.2) is 17.3 Å². The zero-order valence-corrected chi connectivity index (χ0v) is 10.4. The molecule has 0 fully saturated rings. The third kappa shape index (κ3) is 2.20. The maximum Gasteiger partial charge on any atom is 0.349 e. The Morgan fingerprint density at radius 1 is 1.61 bits per heavy atom. The van der Waals surface area contributed by atoms with Crippen molar-refractivity contribution in [1.82, 2.24) is 9.55 Å². The number of rotatable bonds is 3. The molecule has 5 nitrogen and oxygen atoms in total. The molecular formula is C13H15N3O2. The molecule has 18 heavy (non-hydrogen) atoms. The Morgan fingerprint density at radius 3 is 3.06 bits per heavy atom. The SMILES string of the molecule is C=CC1=C(/C=C\CC)Oc2cn(C)c(=O)nc2N1. The first-order valence-corrected chi connectivity index (χ1v) is 5.71. The standard InChI is InChI=1S/C13H15N3O2/c1-4-6-7-10-9(5-2)14-12-11(18-10)8-16(3)13(17)15-12/h5-8H,2,4H2,1,3H3,(H,14,15,17)/b7-6-. The predicted molar refractivity (Wildman–Crippen MR) is 70.4 cm³/mol. The highest BCUT2D eigenvalue weighted by Crippen LogP contribution is 2.29. The summed E-state index contributed by atoms with van der Waals surface area (Å²) in [6, 6.07) is 0. The van der Waals surface area contributed by atoms with Crippen LogP contribution < -0.4 is 15.7 Å². The average Bonchev–Trinajstić information content (AvgIpc) is 2.37. The third-order valence-corrected chi connectivity index (χ3v) is 2.50. The molecule has 1 aliphatic heterocycles. The number of nitrogens with zero attached hydrogens (tertiary/aromatic N) is 2. The normalized spacial score (nSPS) is 14.1. The molecule has 1 aromatic rings. The van der Waals surface area contributed by atoms with Crippen molar-refractivity contribution < 1.29 is 4.74 Å². The van der Waals surface area contributed by atoms with Crippen molar-refractivity contribution in [2.45, 2.75) is 13.3 Å². The van der Waals surface area contributed by atoms with E-state index >= 15 is 0 Å². The zero-order chi connectivity index (χ0) is 13.1. The number of nitrogens with one attached hydrogen (secondary N) is 1. The Morgan fingerprint density at radius 2 is 2.39 bits per heavy atom. The molecule has 94 valence electrons. The van der Waals surface area contributed by atoms with E-state index in [9.17, 15) is 4.79 Å². The number of ether oxygens (including phenoxy) is 1. The third-order valence-electron chi connectivity index (χ3n) is 2.50. The molecule has 1 aromatic heterocycles. The topological polar surface area (TPSA) is 56.2 Å². The van der Waals surface area contributed by atoms with Crippen LogP contribution in [0.25, 0.3) is 0 Å². The van der Waals surface area contributed by atoms with E-state index in [4.69, 9.17) is 4.74 Å². The molecule has 1 N–H and O–H groups in total. The minimum absolute atomic E-state index is 0.333. The number of anilines is 1. The monoisotopic (exact) mass is 245 g/mol. The summed E-state index contributed by atoms with van der Waals surface area (Å²) in [5.74, 6) is 1.61. The molecular weight excluding hydrogens is 230 g/mol. The van der Waals surface area contributed by atoms with Crippen molar-refractivity contribution >= 4 is 5.82 Å². The van der Waals surface area contributed by atoms with Gasteiger partial charge in [-0.3, -0.25) is 4.57 Å². The quantitative estimate of drug-likeness (QED) is 0.884. The van der Waals surface area contributed by atoms with Crippen molar-refractivity contribution in [2.24, 2.45) is 7.05 Å². The van der Waals surface area contributed by atoms with E-state index in [-0.39, 0.29) is 5.69 Å². The van der Waals surface area contributed by atoms with E-state index in [1.54, 1.807) is 19.3 Å². The van der Waals surface area contributed by atoms with Crippen LogP contribution in [-0.4, -0.2) is 9.55 Å². The summed E-state index contributed by atoms with van der Waals surface area (Å²) in [5.41, 5.74) is 0.369. The van der Waals surface area contributed by atoms with E-state index < -0.39 is 0 Å². The summed E-state index contributed by atoms with van der Waals surface area (Å²) >= 11 is 0. The molecule has 0 aromatic carbocycles. The summed E-state index contributed by atoms with van der Waals surface area (Å²) in [4.78, 5) is 15.3. The number of aryl methyl sites for hydroxylation is 1. The van der Waals surface area contributed by atoms with Crippen LogP contribution in [0.4, 0.5) is 5.82 Å². The van der Waals surface area contributed by atoms with Gasteiger partial charge in [-0.2, -0.15) is 4.98 Å². The Balaban J connectivity index is 2.44. The molecule has 0 spiro atoms. The van der Waals surface area contributed by atoms with Crippen LogP contribution in [0.2, 0.25) is 0 Å². The molecule has 0 aliphatic carbocycles. The second kappa shape index (κ2) is 4.91. The van der Waals surface area contributed by atoms with Crippen LogP contribution in [0, 0.1) is 0 Å². The van der Waals surface area contributed by atoms with Crippen LogP contribution in [0.15, 0.2) is 47.3 Å². The van der Waals surface area contributed by atoms with Crippen molar-refractivity contribution in [2.75, 3.05) is 5.32 Å². The Labute approximate surface area is 105 Å². The molecule has 0 radical (unpaired) electrons. The van der Waals surface area contributed by atoms with E-state index in [0.29, 0.717) is 23.0 Å². The van der Waals surface area contributed by atoms with Gasteiger partial charge in [-0.15, -0.1) is 0 Å². The lowest BCUT2D eigenvalue weighted by Gasteiger charge is -2.20.